The van der Waals surface area contributed by atoms with E-state index in [4.69, 9.17) is 66.4 Å². The van der Waals surface area contributed by atoms with Crippen LogP contribution < -0.4 is 0 Å². The van der Waals surface area contributed by atoms with Gasteiger partial charge in [-0.2, -0.15) is 0 Å². The van der Waals surface area contributed by atoms with Crippen LogP contribution in [-0.4, -0.2) is 175 Å². The first-order valence-corrected chi connectivity index (χ1v) is 30.5. The molecule has 0 aromatic heterocycles. The van der Waals surface area contributed by atoms with Gasteiger partial charge in [-0.1, -0.05) is 13.3 Å². The van der Waals surface area contributed by atoms with Gasteiger partial charge in [0.15, 0.2) is 0 Å². The number of rotatable bonds is 40. The molecule has 0 N–H and O–H groups in total. The molecular formula is C38H86NO16RfSi5-. The molecule has 0 heterocycles. The first-order valence-electron chi connectivity index (χ1n) is 20.9. The minimum atomic E-state index is -2.96. The fourth-order valence-electron chi connectivity index (χ4n) is 8.36. The molecule has 0 radical (unpaired) electrons. The van der Waals surface area contributed by atoms with E-state index in [2.05, 4.69) is 13.8 Å². The Bertz CT molecular complexity index is 1020. The predicted octanol–water partition coefficient (Wildman–Crippen LogP) is 6.32. The maximum Gasteiger partial charge on any atom is 0.500 e. The Morgan fingerprint density at radius 2 is 0.639 bits per heavy atom. The molecule has 0 aliphatic heterocycles. The van der Waals surface area contributed by atoms with Gasteiger partial charge in [0.1, 0.15) is 0 Å². The van der Waals surface area contributed by atoms with Crippen LogP contribution in [0.4, 0.5) is 0 Å². The van der Waals surface area contributed by atoms with Gasteiger partial charge in [0.2, 0.25) is 5.91 Å². The van der Waals surface area contributed by atoms with Crippen molar-refractivity contribution in [2.24, 2.45) is 10.8 Å². The van der Waals surface area contributed by atoms with Gasteiger partial charge in [0.05, 0.1) is 0 Å². The average Bonchev–Trinajstić information content (AvgIpc) is 3.29. The third-order valence-electron chi connectivity index (χ3n) is 12.4. The van der Waals surface area contributed by atoms with Crippen molar-refractivity contribution in [3.8, 4) is 0 Å². The van der Waals surface area contributed by atoms with Crippen molar-refractivity contribution in [3.63, 3.8) is 0 Å². The molecule has 0 bridgehead atoms. The molecule has 0 aromatic rings. The van der Waals surface area contributed by atoms with Crippen LogP contribution in [0.5, 0.6) is 0 Å². The molecule has 61 heavy (non-hydrogen) atoms. The van der Waals surface area contributed by atoms with Crippen LogP contribution in [0, 0.1) is 17.8 Å². The molecule has 0 aromatic carbocycles. The Morgan fingerprint density at radius 3 is 0.885 bits per heavy atom. The van der Waals surface area contributed by atoms with E-state index in [1.165, 1.54) is 0 Å². The molecule has 0 aliphatic rings. The minimum Gasteiger partial charge on any atom is -0.377 e. The monoisotopic (exact) mass is 1220 g/mol. The number of carbonyl (C=O) groups is 1. The van der Waals surface area contributed by atoms with Crippen molar-refractivity contribution < 1.29 is 71.2 Å². The number of amides is 1. The van der Waals surface area contributed by atoms with Crippen molar-refractivity contribution >= 4 is 49.9 Å². The third-order valence-corrected chi connectivity index (χ3v) is 26.6. The van der Waals surface area contributed by atoms with Crippen LogP contribution in [0.3, 0.4) is 0 Å². The second kappa shape index (κ2) is 31.0. The Morgan fingerprint density at radius 1 is 0.410 bits per heavy atom. The van der Waals surface area contributed by atoms with Gasteiger partial charge >= 0.3 is 44.0 Å². The van der Waals surface area contributed by atoms with Crippen molar-refractivity contribution in [3.05, 3.63) is 6.92 Å². The number of hydrogen-bond donors (Lipinski definition) is 0. The maximum atomic E-state index is 15.7. The van der Waals surface area contributed by atoms with Crippen LogP contribution in [-0.2, 0) is 71.2 Å². The van der Waals surface area contributed by atoms with E-state index in [1.807, 2.05) is 4.90 Å². The van der Waals surface area contributed by atoms with Gasteiger partial charge in [-0.05, 0) is 69.6 Å². The fourth-order valence-corrected chi connectivity index (χ4v) is 17.0. The van der Waals surface area contributed by atoms with E-state index in [9.17, 15) is 0 Å². The summed E-state index contributed by atoms with van der Waals surface area (Å²) < 4.78 is 86.8. The minimum absolute atomic E-state index is 0. The number of hydrogen-bond acceptors (Lipinski definition) is 16. The summed E-state index contributed by atoms with van der Waals surface area (Å²) in [6.45, 7) is 7.38. The summed E-state index contributed by atoms with van der Waals surface area (Å²) in [4.78, 5) is 17.6. The maximum absolute atomic E-state index is 15.7. The second-order valence-corrected chi connectivity index (χ2v) is 30.9. The number of carbonyl (C=O) groups excluding carboxylic acids is 1. The zero-order valence-electron chi connectivity index (χ0n) is 41.1. The average molecular weight is 1220 g/mol. The van der Waals surface area contributed by atoms with E-state index < -0.39 is 49.4 Å². The molecule has 0 saturated heterocycles. The number of unbranched alkanes of at least 4 members (excludes halogenated alkanes) is 1. The van der Waals surface area contributed by atoms with Crippen molar-refractivity contribution in [1.29, 1.82) is 0 Å². The summed E-state index contributed by atoms with van der Waals surface area (Å²) in [5.74, 6) is 0.0428. The summed E-state index contributed by atoms with van der Waals surface area (Å²) in [6.07, 6.45) is 7.66. The predicted molar refractivity (Wildman–Crippen MR) is 241 cm³/mol. The molecule has 0 saturated carbocycles. The molecule has 0 fully saturated rings. The molecule has 17 nitrogen and oxygen atoms in total. The molecule has 0 rings (SSSR count). The zero-order chi connectivity index (χ0) is 46.0. The van der Waals surface area contributed by atoms with Gasteiger partial charge in [0.25, 0.3) is 0 Å². The van der Waals surface area contributed by atoms with E-state index in [0.29, 0.717) is 75.3 Å². The first-order chi connectivity index (χ1) is 28.5. The van der Waals surface area contributed by atoms with Crippen LogP contribution in [0.25, 0.3) is 0 Å². The molecule has 1 unspecified atom stereocenters. The zero-order valence-corrected chi connectivity index (χ0v) is 52.5. The normalized spacial score (nSPS) is 14.2. The Labute approximate surface area is 370 Å². The molecule has 0 aliphatic carbocycles. The van der Waals surface area contributed by atoms with E-state index >= 15 is 4.79 Å². The summed E-state index contributed by atoms with van der Waals surface area (Å²) in [5, 5.41) is 0. The summed E-state index contributed by atoms with van der Waals surface area (Å²) in [5.41, 5.74) is -1.13. The first kappa shape index (κ1) is 62.0. The molecule has 23 heteroatoms. The molecule has 362 valence electrons. The van der Waals surface area contributed by atoms with Crippen LogP contribution in [0.1, 0.15) is 77.6 Å². The topological polar surface area (TPSA) is 159 Å². The Balaban J connectivity index is 0. The smallest absolute Gasteiger partial charge is 0.377 e. The van der Waals surface area contributed by atoms with Crippen LogP contribution >= 0.6 is 0 Å². The van der Waals surface area contributed by atoms with E-state index in [-0.39, 0.29) is 17.9 Å². The van der Waals surface area contributed by atoms with Gasteiger partial charge in [-0.25, -0.2) is 0 Å². The second-order valence-electron chi connectivity index (χ2n) is 15.4. The van der Waals surface area contributed by atoms with E-state index in [1.54, 1.807) is 107 Å². The van der Waals surface area contributed by atoms with Crippen LogP contribution in [0.2, 0.25) is 30.2 Å². The quantitative estimate of drug-likeness (QED) is 0.0381. The SMILES string of the molecule is [CH2-]CN(CC(C)(CCCC[Si](OC)(OC)OC)CCC[Si](OC)(OC)OC)C(=O)C(CCC[Si](OC)(OC)OC)(CCC[Si](OC)(OC)OC)CCC[Si](OC)(OC)OC.[Rf]. The van der Waals surface area contributed by atoms with Crippen molar-refractivity contribution in [2.75, 3.05) is 120 Å². The molecule has 0 spiro atoms. The van der Waals surface area contributed by atoms with Gasteiger partial charge < -0.3 is 78.2 Å². The van der Waals surface area contributed by atoms with E-state index in [0.717, 1.165) is 32.1 Å². The third kappa shape index (κ3) is 18.4. The molecule has 1 amide bonds. The van der Waals surface area contributed by atoms with Gasteiger partial charge in [-0.15, -0.1) is 6.54 Å². The van der Waals surface area contributed by atoms with Crippen molar-refractivity contribution in [2.45, 2.75) is 108 Å². The van der Waals surface area contributed by atoms with Gasteiger partial charge in [-0.3, -0.25) is 4.79 Å². The summed E-state index contributed by atoms with van der Waals surface area (Å²) in [6, 6.07) is 2.92. The largest absolute Gasteiger partial charge is 0.500 e. The van der Waals surface area contributed by atoms with Crippen molar-refractivity contribution in [1.82, 2.24) is 4.90 Å². The molecule has 1 atom stereocenters. The summed E-state index contributed by atoms with van der Waals surface area (Å²) in [7, 11) is 9.82. The van der Waals surface area contributed by atoms with Gasteiger partial charge in [0, 0.05) is 149 Å². The Hall–Kier alpha value is -1.05. The molecular weight excluding hydrogens is 1130 g/mol. The number of nitrogens with zero attached hydrogens (tertiary/aromatic N) is 1. The summed E-state index contributed by atoms with van der Waals surface area (Å²) >= 11 is 0. The fraction of sp³-hybridized carbons (Fsp3) is 0.947. The Kier molecular flexibility index (Phi) is 31.5. The van der Waals surface area contributed by atoms with Crippen LogP contribution in [0.15, 0.2) is 0 Å². The standard InChI is InChI=1S/C38H86NO16Si5.Rf/c1-18-39(35-37(2,26-21-31-57(44-6,45-7)46-8)25-19-20-30-56(41-3,42-4)43-5)36(40)38(27-22-32-58(47-9,48-10)49-11,28-23-33-59(50-12,51-13)52-14)29-24-34-60(53-15,54-16)55-17;/h1,18-35H2,2-17H3;/q-1;.